The molecular weight excluding hydrogens is 444 g/mol. The van der Waals surface area contributed by atoms with Gasteiger partial charge in [-0.1, -0.05) is 48.0 Å². The minimum atomic E-state index is -0.366. The minimum absolute atomic E-state index is 0.172. The first-order valence-electron chi connectivity index (χ1n) is 8.25. The Bertz CT molecular complexity index is 704. The molecule has 2 amide bonds. The predicted octanol–water partition coefficient (Wildman–Crippen LogP) is 1.82. The van der Waals surface area contributed by atoms with Crippen LogP contribution >= 0.6 is 48.0 Å². The Labute approximate surface area is 181 Å². The molecule has 2 heterocycles. The summed E-state index contributed by atoms with van der Waals surface area (Å²) in [4.78, 5) is 51.1. The standard InChI is InChI=1S/C16H18N2O6S4/c1-23-9(19)5-3-7-17-13(21)11(27-15(17)25)12-14(22)18(16(26)28-12)8-4-6-10(20)24-2/h3-8H2,1-2H3/b12-11+. The zero-order chi connectivity index (χ0) is 20.8. The van der Waals surface area contributed by atoms with E-state index in [9.17, 15) is 19.2 Å². The van der Waals surface area contributed by atoms with Crippen LogP contribution in [-0.4, -0.2) is 69.5 Å². The molecule has 8 nitrogen and oxygen atoms in total. The van der Waals surface area contributed by atoms with Crippen molar-refractivity contribution in [3.63, 3.8) is 0 Å². The molecular formula is C16H18N2O6S4. The molecule has 0 spiro atoms. The number of nitrogens with zero attached hydrogens (tertiary/aromatic N) is 2. The van der Waals surface area contributed by atoms with Crippen LogP contribution in [0.15, 0.2) is 9.81 Å². The predicted molar refractivity (Wildman–Crippen MR) is 113 cm³/mol. The minimum Gasteiger partial charge on any atom is -0.469 e. The molecule has 0 atom stereocenters. The van der Waals surface area contributed by atoms with Gasteiger partial charge in [0.05, 0.1) is 24.0 Å². The lowest BCUT2D eigenvalue weighted by Crippen LogP contribution is -2.31. The maximum Gasteiger partial charge on any atom is 0.305 e. The first-order valence-corrected chi connectivity index (χ1v) is 10.7. The van der Waals surface area contributed by atoms with E-state index in [0.29, 0.717) is 21.5 Å². The Morgan fingerprint density at radius 2 is 1.18 bits per heavy atom. The lowest BCUT2D eigenvalue weighted by atomic mass is 10.3. The fourth-order valence-electron chi connectivity index (χ4n) is 2.42. The van der Waals surface area contributed by atoms with Crippen molar-refractivity contribution in [1.29, 1.82) is 0 Å². The summed E-state index contributed by atoms with van der Waals surface area (Å²) in [5.41, 5.74) is 0. The van der Waals surface area contributed by atoms with Gasteiger partial charge in [-0.3, -0.25) is 29.0 Å². The van der Waals surface area contributed by atoms with E-state index in [4.69, 9.17) is 24.4 Å². The molecule has 0 N–H and O–H groups in total. The normalized spacial score (nSPS) is 19.6. The third-order valence-electron chi connectivity index (χ3n) is 3.89. The highest BCUT2D eigenvalue weighted by Gasteiger charge is 2.41. The van der Waals surface area contributed by atoms with Crippen molar-refractivity contribution in [2.24, 2.45) is 0 Å². The molecule has 2 aliphatic heterocycles. The number of thiocarbonyl (C=S) groups is 2. The molecule has 0 aromatic carbocycles. The van der Waals surface area contributed by atoms with Crippen molar-refractivity contribution in [2.45, 2.75) is 25.7 Å². The molecule has 0 aromatic rings. The van der Waals surface area contributed by atoms with Gasteiger partial charge in [-0.05, 0) is 12.8 Å². The van der Waals surface area contributed by atoms with E-state index in [2.05, 4.69) is 9.47 Å². The Balaban J connectivity index is 2.04. The van der Waals surface area contributed by atoms with Gasteiger partial charge >= 0.3 is 11.9 Å². The maximum atomic E-state index is 12.7. The molecule has 12 heteroatoms. The lowest BCUT2D eigenvalue weighted by molar-refractivity contribution is -0.141. The van der Waals surface area contributed by atoms with Crippen molar-refractivity contribution >= 4 is 80.4 Å². The van der Waals surface area contributed by atoms with Gasteiger partial charge in [-0.25, -0.2) is 0 Å². The molecule has 0 unspecified atom stereocenters. The average molecular weight is 463 g/mol. The average Bonchev–Trinajstić information content (AvgIpc) is 3.11. The van der Waals surface area contributed by atoms with E-state index >= 15 is 0 Å². The summed E-state index contributed by atoms with van der Waals surface area (Å²) in [6.45, 7) is 0.533. The van der Waals surface area contributed by atoms with Crippen LogP contribution < -0.4 is 0 Å². The van der Waals surface area contributed by atoms with Crippen LogP contribution in [0.3, 0.4) is 0 Å². The second kappa shape index (κ2) is 10.3. The van der Waals surface area contributed by atoms with Crippen LogP contribution in [-0.2, 0) is 28.7 Å². The summed E-state index contributed by atoms with van der Waals surface area (Å²) in [5, 5.41) is 0. The smallest absolute Gasteiger partial charge is 0.305 e. The summed E-state index contributed by atoms with van der Waals surface area (Å²) in [5.74, 6) is -1.46. The Kier molecular flexibility index (Phi) is 8.40. The van der Waals surface area contributed by atoms with E-state index in [1.165, 1.54) is 24.0 Å². The fraction of sp³-hybridized carbons (Fsp3) is 0.500. The first kappa shape index (κ1) is 22.8. The van der Waals surface area contributed by atoms with Gasteiger partial charge in [0.15, 0.2) is 0 Å². The van der Waals surface area contributed by atoms with Gasteiger partial charge in [0.25, 0.3) is 11.8 Å². The van der Waals surface area contributed by atoms with E-state index < -0.39 is 0 Å². The monoisotopic (exact) mass is 462 g/mol. The number of carbonyl (C=O) groups is 4. The van der Waals surface area contributed by atoms with Crippen molar-refractivity contribution in [3.05, 3.63) is 9.81 Å². The van der Waals surface area contributed by atoms with E-state index in [0.717, 1.165) is 23.5 Å². The molecule has 0 saturated carbocycles. The van der Waals surface area contributed by atoms with Gasteiger partial charge in [-0.2, -0.15) is 0 Å². The molecule has 28 heavy (non-hydrogen) atoms. The van der Waals surface area contributed by atoms with Crippen LogP contribution in [0.2, 0.25) is 0 Å². The summed E-state index contributed by atoms with van der Waals surface area (Å²) >= 11 is 12.6. The van der Waals surface area contributed by atoms with Crippen LogP contribution in [0.1, 0.15) is 25.7 Å². The number of hydrogen-bond donors (Lipinski definition) is 0. The largest absolute Gasteiger partial charge is 0.469 e. The number of hydrogen-bond acceptors (Lipinski definition) is 10. The van der Waals surface area contributed by atoms with Crippen molar-refractivity contribution in [1.82, 2.24) is 9.80 Å². The fourth-order valence-corrected chi connectivity index (χ4v) is 5.19. The van der Waals surface area contributed by atoms with Crippen LogP contribution in [0.5, 0.6) is 0 Å². The third kappa shape index (κ3) is 5.31. The lowest BCUT2D eigenvalue weighted by Gasteiger charge is -2.14. The third-order valence-corrected chi connectivity index (χ3v) is 6.91. The van der Waals surface area contributed by atoms with Gasteiger partial charge in [0.2, 0.25) is 0 Å². The van der Waals surface area contributed by atoms with Crippen molar-refractivity contribution in [2.75, 3.05) is 27.3 Å². The number of esters is 2. The number of thioether (sulfide) groups is 2. The number of carbonyl (C=O) groups excluding carboxylic acids is 4. The Hall–Kier alpha value is -1.50. The molecule has 152 valence electrons. The summed E-state index contributed by atoms with van der Waals surface area (Å²) < 4.78 is 9.82. The van der Waals surface area contributed by atoms with E-state index in [-0.39, 0.29) is 59.5 Å². The van der Waals surface area contributed by atoms with Crippen molar-refractivity contribution < 1.29 is 28.7 Å². The molecule has 0 radical (unpaired) electrons. The van der Waals surface area contributed by atoms with Crippen LogP contribution in [0.4, 0.5) is 0 Å². The first-order chi connectivity index (χ1) is 13.3. The van der Waals surface area contributed by atoms with Crippen molar-refractivity contribution in [3.8, 4) is 0 Å². The molecule has 2 saturated heterocycles. The number of ether oxygens (including phenoxy) is 2. The summed E-state index contributed by atoms with van der Waals surface area (Å²) in [6.07, 6.45) is 1.15. The van der Waals surface area contributed by atoms with Crippen LogP contribution in [0, 0.1) is 0 Å². The SMILES string of the molecule is COC(=O)CCCN1C(=O)/C(=C2\SC(=S)N(CCCC(=O)OC)C2=O)SC1=S. The van der Waals surface area contributed by atoms with Gasteiger partial charge in [-0.15, -0.1) is 0 Å². The summed E-state index contributed by atoms with van der Waals surface area (Å²) in [6, 6.07) is 0. The highest BCUT2D eigenvalue weighted by molar-refractivity contribution is 8.29. The highest BCUT2D eigenvalue weighted by Crippen LogP contribution is 2.42. The maximum absolute atomic E-state index is 12.7. The molecule has 0 bridgehead atoms. The Morgan fingerprint density at radius 3 is 1.50 bits per heavy atom. The van der Waals surface area contributed by atoms with Gasteiger partial charge < -0.3 is 9.47 Å². The van der Waals surface area contributed by atoms with Crippen LogP contribution in [0.25, 0.3) is 0 Å². The Morgan fingerprint density at radius 1 is 0.821 bits per heavy atom. The van der Waals surface area contributed by atoms with E-state index in [1.54, 1.807) is 0 Å². The highest BCUT2D eigenvalue weighted by atomic mass is 32.2. The van der Waals surface area contributed by atoms with Gasteiger partial charge in [0.1, 0.15) is 8.64 Å². The molecule has 2 aliphatic rings. The second-order valence-corrected chi connectivity index (χ2v) is 8.96. The number of rotatable bonds is 8. The number of methoxy groups -OCH3 is 2. The second-order valence-electron chi connectivity index (χ2n) is 5.67. The molecule has 2 rings (SSSR count). The summed E-state index contributed by atoms with van der Waals surface area (Å²) in [7, 11) is 2.60. The zero-order valence-corrected chi connectivity index (χ0v) is 18.5. The topological polar surface area (TPSA) is 93.2 Å². The number of amides is 2. The van der Waals surface area contributed by atoms with E-state index in [1.807, 2.05) is 0 Å². The molecule has 2 fully saturated rings. The molecule has 0 aromatic heterocycles. The van der Waals surface area contributed by atoms with Gasteiger partial charge in [0, 0.05) is 25.9 Å². The molecule has 0 aliphatic carbocycles. The zero-order valence-electron chi connectivity index (χ0n) is 15.2. The quantitative estimate of drug-likeness (QED) is 0.302.